The first kappa shape index (κ1) is 16.4. The molecule has 2 fully saturated rings. The maximum Gasteiger partial charge on any atom is 0.253 e. The van der Waals surface area contributed by atoms with Crippen LogP contribution in [0.1, 0.15) is 48.9 Å². The van der Waals surface area contributed by atoms with Crippen LogP contribution in [-0.4, -0.2) is 30.2 Å². The normalized spacial score (nSPS) is 19.3. The summed E-state index contributed by atoms with van der Waals surface area (Å²) in [5.41, 5.74) is -0.0708. The first-order chi connectivity index (χ1) is 11.1. The third-order valence-corrected chi connectivity index (χ3v) is 5.64. The van der Waals surface area contributed by atoms with E-state index in [0.29, 0.717) is 11.5 Å². The molecule has 0 saturated heterocycles. The van der Waals surface area contributed by atoms with Gasteiger partial charge in [0, 0.05) is 11.4 Å². The molecule has 0 unspecified atom stereocenters. The van der Waals surface area contributed by atoms with Gasteiger partial charge in [0.2, 0.25) is 5.91 Å². The number of hydrogen-bond acceptors (Lipinski definition) is 3. The molecule has 0 spiro atoms. The fourth-order valence-electron chi connectivity index (χ4n) is 3.23. The van der Waals surface area contributed by atoms with Crippen molar-refractivity contribution in [3.05, 3.63) is 29.8 Å². The molecule has 2 N–H and O–H groups in total. The number of carbonyl (C=O) groups is 2. The number of benzene rings is 1. The van der Waals surface area contributed by atoms with Crippen LogP contribution < -0.4 is 10.6 Å². The molecule has 2 amide bonds. The zero-order valence-electron chi connectivity index (χ0n) is 13.6. The molecule has 1 aromatic carbocycles. The van der Waals surface area contributed by atoms with E-state index in [1.54, 1.807) is 11.8 Å². The molecule has 3 rings (SSSR count). The first-order valence-corrected chi connectivity index (χ1v) is 9.61. The average molecular weight is 332 g/mol. The van der Waals surface area contributed by atoms with Crippen molar-refractivity contribution >= 4 is 23.6 Å². The van der Waals surface area contributed by atoms with E-state index >= 15 is 0 Å². The Balaban J connectivity index is 1.73. The summed E-state index contributed by atoms with van der Waals surface area (Å²) in [5.74, 6) is 0.501. The van der Waals surface area contributed by atoms with E-state index in [-0.39, 0.29) is 11.8 Å². The van der Waals surface area contributed by atoms with Gasteiger partial charge in [-0.15, -0.1) is 11.8 Å². The van der Waals surface area contributed by atoms with Crippen molar-refractivity contribution in [1.29, 1.82) is 0 Å². The van der Waals surface area contributed by atoms with Crippen molar-refractivity contribution in [3.63, 3.8) is 0 Å². The topological polar surface area (TPSA) is 58.2 Å². The smallest absolute Gasteiger partial charge is 0.253 e. The third-order valence-electron chi connectivity index (χ3n) is 4.84. The minimum Gasteiger partial charge on any atom is -0.354 e. The summed E-state index contributed by atoms with van der Waals surface area (Å²) in [6, 6.07) is 7.55. The lowest BCUT2D eigenvalue weighted by Crippen LogP contribution is -2.57. The second-order valence-electron chi connectivity index (χ2n) is 6.60. The minimum atomic E-state index is -0.725. The third kappa shape index (κ3) is 3.71. The van der Waals surface area contributed by atoms with Gasteiger partial charge < -0.3 is 10.6 Å². The Hall–Kier alpha value is -1.49. The molecule has 2 aliphatic rings. The standard InChI is InChI=1S/C18H24N2O2S/c1-23-15-7-3-2-6-14(15)16(21)20-18(10-4-5-11-18)17(22)19-12-13-8-9-13/h2-3,6-7,13H,4-5,8-12H2,1H3,(H,19,22)(H,20,21). The lowest BCUT2D eigenvalue weighted by molar-refractivity contribution is -0.127. The van der Waals surface area contributed by atoms with Gasteiger partial charge in [0.15, 0.2) is 0 Å². The summed E-state index contributed by atoms with van der Waals surface area (Å²) in [5, 5.41) is 6.12. The summed E-state index contributed by atoms with van der Waals surface area (Å²) >= 11 is 1.55. The molecule has 0 radical (unpaired) electrons. The van der Waals surface area contributed by atoms with E-state index < -0.39 is 5.54 Å². The van der Waals surface area contributed by atoms with Gasteiger partial charge in [0.05, 0.1) is 5.56 Å². The van der Waals surface area contributed by atoms with Gasteiger partial charge in [-0.2, -0.15) is 0 Å². The molecule has 0 aromatic heterocycles. The van der Waals surface area contributed by atoms with Gasteiger partial charge in [0.25, 0.3) is 5.91 Å². The van der Waals surface area contributed by atoms with E-state index in [9.17, 15) is 9.59 Å². The Morgan fingerprint density at radius 3 is 2.57 bits per heavy atom. The van der Waals surface area contributed by atoms with Crippen LogP contribution in [-0.2, 0) is 4.79 Å². The van der Waals surface area contributed by atoms with Gasteiger partial charge >= 0.3 is 0 Å². The first-order valence-electron chi connectivity index (χ1n) is 8.38. The zero-order valence-corrected chi connectivity index (χ0v) is 14.4. The Bertz CT molecular complexity index is 592. The number of thioether (sulfide) groups is 1. The number of nitrogens with one attached hydrogen (secondary N) is 2. The zero-order chi connectivity index (χ0) is 16.3. The van der Waals surface area contributed by atoms with Crippen LogP contribution >= 0.6 is 11.8 Å². The molecule has 4 nitrogen and oxygen atoms in total. The van der Waals surface area contributed by atoms with Crippen molar-refractivity contribution in [2.45, 2.75) is 49.0 Å². The summed E-state index contributed by atoms with van der Waals surface area (Å²) in [7, 11) is 0. The molecule has 2 aliphatic carbocycles. The SMILES string of the molecule is CSc1ccccc1C(=O)NC1(C(=O)NCC2CC2)CCCC1. The second-order valence-corrected chi connectivity index (χ2v) is 7.45. The molecular weight excluding hydrogens is 308 g/mol. The summed E-state index contributed by atoms with van der Waals surface area (Å²) < 4.78 is 0. The monoisotopic (exact) mass is 332 g/mol. The molecule has 0 atom stereocenters. The molecule has 124 valence electrons. The van der Waals surface area contributed by atoms with E-state index in [1.165, 1.54) is 12.8 Å². The Kier molecular flexibility index (Phi) is 4.95. The van der Waals surface area contributed by atoms with E-state index in [2.05, 4.69) is 10.6 Å². The summed E-state index contributed by atoms with van der Waals surface area (Å²) in [6.45, 7) is 0.748. The van der Waals surface area contributed by atoms with Crippen LogP contribution in [0.15, 0.2) is 29.2 Å². The second kappa shape index (κ2) is 6.95. The molecule has 0 heterocycles. The highest BCUT2D eigenvalue weighted by Crippen LogP contribution is 2.32. The van der Waals surface area contributed by atoms with Gasteiger partial charge in [-0.25, -0.2) is 0 Å². The molecule has 0 aliphatic heterocycles. The Morgan fingerprint density at radius 1 is 1.22 bits per heavy atom. The number of amides is 2. The van der Waals surface area contributed by atoms with Crippen molar-refractivity contribution < 1.29 is 9.59 Å². The highest BCUT2D eigenvalue weighted by molar-refractivity contribution is 7.98. The van der Waals surface area contributed by atoms with Crippen LogP contribution in [0, 0.1) is 5.92 Å². The number of rotatable bonds is 6. The predicted molar refractivity (Wildman–Crippen MR) is 92.6 cm³/mol. The lowest BCUT2D eigenvalue weighted by Gasteiger charge is -2.29. The molecule has 23 heavy (non-hydrogen) atoms. The Morgan fingerprint density at radius 2 is 1.91 bits per heavy atom. The van der Waals surface area contributed by atoms with Crippen LogP contribution in [0.4, 0.5) is 0 Å². The van der Waals surface area contributed by atoms with Crippen molar-refractivity contribution in [2.75, 3.05) is 12.8 Å². The average Bonchev–Trinajstić information content (AvgIpc) is 3.29. The fourth-order valence-corrected chi connectivity index (χ4v) is 3.83. The van der Waals surface area contributed by atoms with E-state index in [4.69, 9.17) is 0 Å². The maximum atomic E-state index is 12.7. The summed E-state index contributed by atoms with van der Waals surface area (Å²) in [6.07, 6.45) is 7.82. The van der Waals surface area contributed by atoms with Crippen LogP contribution in [0.25, 0.3) is 0 Å². The van der Waals surface area contributed by atoms with Gasteiger partial charge in [-0.3, -0.25) is 9.59 Å². The molecule has 5 heteroatoms. The molecule has 2 saturated carbocycles. The Labute approximate surface area is 141 Å². The van der Waals surface area contributed by atoms with Crippen molar-refractivity contribution in [2.24, 2.45) is 5.92 Å². The minimum absolute atomic E-state index is 0.00289. The van der Waals surface area contributed by atoms with E-state index in [0.717, 1.165) is 37.1 Å². The van der Waals surface area contributed by atoms with Crippen LogP contribution in [0.5, 0.6) is 0 Å². The van der Waals surface area contributed by atoms with Crippen molar-refractivity contribution in [1.82, 2.24) is 10.6 Å². The number of carbonyl (C=O) groups excluding carboxylic acids is 2. The molecule has 0 bridgehead atoms. The van der Waals surface area contributed by atoms with Gasteiger partial charge in [-0.05, 0) is 50.0 Å². The molecular formula is C18H24N2O2S. The quantitative estimate of drug-likeness (QED) is 0.788. The van der Waals surface area contributed by atoms with Gasteiger partial charge in [-0.1, -0.05) is 25.0 Å². The predicted octanol–water partition coefficient (Wildman–Crippen LogP) is 2.98. The fraction of sp³-hybridized carbons (Fsp3) is 0.556. The van der Waals surface area contributed by atoms with Crippen molar-refractivity contribution in [3.8, 4) is 0 Å². The van der Waals surface area contributed by atoms with Crippen LogP contribution in [0.2, 0.25) is 0 Å². The lowest BCUT2D eigenvalue weighted by atomic mass is 9.95. The summed E-state index contributed by atoms with van der Waals surface area (Å²) in [4.78, 5) is 26.4. The highest BCUT2D eigenvalue weighted by Gasteiger charge is 2.43. The number of hydrogen-bond donors (Lipinski definition) is 2. The maximum absolute atomic E-state index is 12.7. The van der Waals surface area contributed by atoms with Crippen LogP contribution in [0.3, 0.4) is 0 Å². The largest absolute Gasteiger partial charge is 0.354 e. The molecule has 1 aromatic rings. The van der Waals surface area contributed by atoms with Gasteiger partial charge in [0.1, 0.15) is 5.54 Å². The highest BCUT2D eigenvalue weighted by atomic mass is 32.2. The van der Waals surface area contributed by atoms with E-state index in [1.807, 2.05) is 30.5 Å².